The van der Waals surface area contributed by atoms with Gasteiger partial charge in [-0.1, -0.05) is 22.9 Å². The van der Waals surface area contributed by atoms with Gasteiger partial charge >= 0.3 is 5.97 Å². The molecule has 1 aromatic carbocycles. The van der Waals surface area contributed by atoms with Gasteiger partial charge in [-0.2, -0.15) is 0 Å². The zero-order valence-corrected chi connectivity index (χ0v) is 12.4. The molecule has 6 heteroatoms. The van der Waals surface area contributed by atoms with Crippen LogP contribution in [0.2, 0.25) is 0 Å². The molecule has 0 bridgehead atoms. The highest BCUT2D eigenvalue weighted by atomic mass is 79.9. The van der Waals surface area contributed by atoms with Crippen molar-refractivity contribution in [2.24, 2.45) is 0 Å². The maximum absolute atomic E-state index is 13.7. The number of rotatable bonds is 5. The van der Waals surface area contributed by atoms with Crippen molar-refractivity contribution in [3.05, 3.63) is 34.1 Å². The molecule has 0 radical (unpaired) electrons. The molecule has 0 saturated heterocycles. The van der Waals surface area contributed by atoms with Gasteiger partial charge in [-0.05, 0) is 24.6 Å². The molecule has 0 aliphatic heterocycles. The first-order valence-electron chi connectivity index (χ1n) is 5.80. The van der Waals surface area contributed by atoms with E-state index in [1.165, 1.54) is 24.1 Å². The van der Waals surface area contributed by atoms with Crippen molar-refractivity contribution in [3.63, 3.8) is 0 Å². The third-order valence-corrected chi connectivity index (χ3v) is 2.98. The van der Waals surface area contributed by atoms with Crippen molar-refractivity contribution >= 4 is 27.8 Å². The molecular formula is C13H15BrFNO3. The fourth-order valence-corrected chi connectivity index (χ4v) is 1.91. The minimum atomic E-state index is -0.620. The van der Waals surface area contributed by atoms with Crippen LogP contribution in [0.15, 0.2) is 22.7 Å². The minimum absolute atomic E-state index is 0.0550. The number of ether oxygens (including phenoxy) is 1. The molecule has 0 unspecified atom stereocenters. The molecule has 4 nitrogen and oxygen atoms in total. The third-order valence-electron chi connectivity index (χ3n) is 2.49. The first-order chi connectivity index (χ1) is 8.99. The summed E-state index contributed by atoms with van der Waals surface area (Å²) < 4.78 is 18.8. The van der Waals surface area contributed by atoms with Crippen molar-refractivity contribution in [1.29, 1.82) is 0 Å². The first-order valence-corrected chi connectivity index (χ1v) is 6.60. The summed E-state index contributed by atoms with van der Waals surface area (Å²) in [5, 5.41) is 0. The normalized spacial score (nSPS) is 10.1. The van der Waals surface area contributed by atoms with E-state index in [1.807, 2.05) is 6.92 Å². The van der Waals surface area contributed by atoms with Crippen molar-refractivity contribution in [1.82, 2.24) is 4.90 Å². The van der Waals surface area contributed by atoms with Crippen LogP contribution >= 0.6 is 15.9 Å². The SMILES string of the molecule is CCCN(CC(=O)OC)C(=O)c1ccc(Br)cc1F. The van der Waals surface area contributed by atoms with E-state index in [9.17, 15) is 14.0 Å². The van der Waals surface area contributed by atoms with Gasteiger partial charge in [-0.3, -0.25) is 9.59 Å². The van der Waals surface area contributed by atoms with Crippen molar-refractivity contribution in [2.45, 2.75) is 13.3 Å². The lowest BCUT2D eigenvalue weighted by atomic mass is 10.2. The lowest BCUT2D eigenvalue weighted by molar-refractivity contribution is -0.141. The van der Waals surface area contributed by atoms with Crippen LogP contribution in [0.5, 0.6) is 0 Å². The van der Waals surface area contributed by atoms with Gasteiger partial charge in [-0.15, -0.1) is 0 Å². The van der Waals surface area contributed by atoms with Gasteiger partial charge in [0.15, 0.2) is 0 Å². The Bertz CT molecular complexity index is 479. The van der Waals surface area contributed by atoms with E-state index in [0.717, 1.165) is 0 Å². The molecule has 0 saturated carbocycles. The van der Waals surface area contributed by atoms with Crippen LogP contribution in [0.4, 0.5) is 4.39 Å². The Morgan fingerprint density at radius 2 is 2.11 bits per heavy atom. The van der Waals surface area contributed by atoms with Gasteiger partial charge in [0.1, 0.15) is 12.4 Å². The van der Waals surface area contributed by atoms with Gasteiger partial charge in [-0.25, -0.2) is 4.39 Å². The highest BCUT2D eigenvalue weighted by Crippen LogP contribution is 2.17. The number of nitrogens with zero attached hydrogens (tertiary/aromatic N) is 1. The second kappa shape index (κ2) is 7.23. The molecule has 0 N–H and O–H groups in total. The molecule has 0 fully saturated rings. The molecule has 0 atom stereocenters. The quantitative estimate of drug-likeness (QED) is 0.779. The monoisotopic (exact) mass is 331 g/mol. The minimum Gasteiger partial charge on any atom is -0.468 e. The fraction of sp³-hybridized carbons (Fsp3) is 0.385. The van der Waals surface area contributed by atoms with Crippen molar-refractivity contribution < 1.29 is 18.7 Å². The fourth-order valence-electron chi connectivity index (χ4n) is 1.58. The number of hydrogen-bond donors (Lipinski definition) is 0. The predicted molar refractivity (Wildman–Crippen MR) is 72.3 cm³/mol. The maximum Gasteiger partial charge on any atom is 0.325 e. The lowest BCUT2D eigenvalue weighted by Gasteiger charge is -2.21. The standard InChI is InChI=1S/C13H15BrFNO3/c1-3-6-16(8-12(17)19-2)13(18)10-5-4-9(14)7-11(10)15/h4-5,7H,3,6,8H2,1-2H3. The van der Waals surface area contributed by atoms with E-state index in [-0.39, 0.29) is 12.1 Å². The Hall–Kier alpha value is -1.43. The number of hydrogen-bond acceptors (Lipinski definition) is 3. The van der Waals surface area contributed by atoms with Crippen molar-refractivity contribution in [2.75, 3.05) is 20.2 Å². The Morgan fingerprint density at radius 3 is 2.63 bits per heavy atom. The van der Waals surface area contributed by atoms with Gasteiger partial charge < -0.3 is 9.64 Å². The summed E-state index contributed by atoms with van der Waals surface area (Å²) in [5.41, 5.74) is -0.0550. The van der Waals surface area contributed by atoms with E-state index in [1.54, 1.807) is 6.07 Å². The van der Waals surface area contributed by atoms with E-state index >= 15 is 0 Å². The Kier molecular flexibility index (Phi) is 5.95. The first kappa shape index (κ1) is 15.6. The zero-order chi connectivity index (χ0) is 14.4. The van der Waals surface area contributed by atoms with Gasteiger partial charge in [0.05, 0.1) is 12.7 Å². The van der Waals surface area contributed by atoms with E-state index < -0.39 is 17.7 Å². The Balaban J connectivity index is 2.95. The average molecular weight is 332 g/mol. The highest BCUT2D eigenvalue weighted by Gasteiger charge is 2.21. The van der Waals surface area contributed by atoms with Crippen LogP contribution in [0.3, 0.4) is 0 Å². The molecule has 0 heterocycles. The summed E-state index contributed by atoms with van der Waals surface area (Å²) in [6, 6.07) is 4.19. The molecule has 0 aromatic heterocycles. The number of amides is 1. The lowest BCUT2D eigenvalue weighted by Crippen LogP contribution is -2.37. The number of benzene rings is 1. The Morgan fingerprint density at radius 1 is 1.42 bits per heavy atom. The van der Waals surface area contributed by atoms with Crippen LogP contribution < -0.4 is 0 Å². The topological polar surface area (TPSA) is 46.6 Å². The number of halogens is 2. The van der Waals surface area contributed by atoms with E-state index in [0.29, 0.717) is 17.4 Å². The van der Waals surface area contributed by atoms with Crippen LogP contribution in [0, 0.1) is 5.82 Å². The second-order valence-corrected chi connectivity index (χ2v) is 4.84. The molecule has 0 spiro atoms. The Labute approximate surface area is 119 Å². The summed E-state index contributed by atoms with van der Waals surface area (Å²) >= 11 is 3.13. The summed E-state index contributed by atoms with van der Waals surface area (Å²) in [6.07, 6.45) is 0.668. The maximum atomic E-state index is 13.7. The summed E-state index contributed by atoms with van der Waals surface area (Å²) in [5.74, 6) is -1.66. The number of esters is 1. The van der Waals surface area contributed by atoms with Crippen LogP contribution in [0.25, 0.3) is 0 Å². The molecule has 1 amide bonds. The summed E-state index contributed by atoms with van der Waals surface area (Å²) in [7, 11) is 1.25. The average Bonchev–Trinajstić information content (AvgIpc) is 2.37. The summed E-state index contributed by atoms with van der Waals surface area (Å²) in [6.45, 7) is 2.05. The second-order valence-electron chi connectivity index (χ2n) is 3.93. The smallest absolute Gasteiger partial charge is 0.325 e. The largest absolute Gasteiger partial charge is 0.468 e. The number of carbonyl (C=O) groups excluding carboxylic acids is 2. The molecule has 104 valence electrons. The zero-order valence-electron chi connectivity index (χ0n) is 10.8. The van der Waals surface area contributed by atoms with Crippen LogP contribution in [-0.4, -0.2) is 37.0 Å². The van der Waals surface area contributed by atoms with Crippen molar-refractivity contribution in [3.8, 4) is 0 Å². The number of carbonyl (C=O) groups is 2. The summed E-state index contributed by atoms with van der Waals surface area (Å²) in [4.78, 5) is 24.7. The van der Waals surface area contributed by atoms with Gasteiger partial charge in [0.25, 0.3) is 5.91 Å². The molecule has 1 aromatic rings. The van der Waals surface area contributed by atoms with E-state index in [2.05, 4.69) is 20.7 Å². The molecule has 19 heavy (non-hydrogen) atoms. The molecule has 1 rings (SSSR count). The van der Waals surface area contributed by atoms with Crippen LogP contribution in [0.1, 0.15) is 23.7 Å². The van der Waals surface area contributed by atoms with E-state index in [4.69, 9.17) is 0 Å². The highest BCUT2D eigenvalue weighted by molar-refractivity contribution is 9.10. The predicted octanol–water partition coefficient (Wildman–Crippen LogP) is 2.61. The van der Waals surface area contributed by atoms with Crippen LogP contribution in [-0.2, 0) is 9.53 Å². The molecule has 0 aliphatic rings. The third kappa shape index (κ3) is 4.31. The molecule has 0 aliphatic carbocycles. The van der Waals surface area contributed by atoms with Gasteiger partial charge in [0, 0.05) is 11.0 Å². The molecular weight excluding hydrogens is 317 g/mol. The number of methoxy groups -OCH3 is 1. The van der Waals surface area contributed by atoms with Gasteiger partial charge in [0.2, 0.25) is 0 Å².